The fraction of sp³-hybridized carbons (Fsp3) is 0.357. The lowest BCUT2D eigenvalue weighted by Crippen LogP contribution is -2.43. The molecule has 0 saturated carbocycles. The van der Waals surface area contributed by atoms with Crippen molar-refractivity contribution in [3.8, 4) is 5.75 Å². The molecule has 1 aromatic carbocycles. The van der Waals surface area contributed by atoms with Crippen molar-refractivity contribution in [3.05, 3.63) is 30.5 Å². The van der Waals surface area contributed by atoms with Gasteiger partial charge in [-0.2, -0.15) is 0 Å². The van der Waals surface area contributed by atoms with Crippen LogP contribution in [-0.2, 0) is 0 Å². The fourth-order valence-electron chi connectivity index (χ4n) is 2.49. The topological polar surface area (TPSA) is 37.4 Å². The van der Waals surface area contributed by atoms with Crippen LogP contribution in [-0.4, -0.2) is 37.5 Å². The molecule has 1 saturated heterocycles. The highest BCUT2D eigenvalue weighted by Gasteiger charge is 2.31. The molecule has 1 aliphatic rings. The molecule has 0 unspecified atom stereocenters. The molecule has 8 heteroatoms. The highest BCUT2D eigenvalue weighted by Crippen LogP contribution is 2.30. The van der Waals surface area contributed by atoms with Gasteiger partial charge in [-0.3, -0.25) is 4.98 Å². The third-order valence-electron chi connectivity index (χ3n) is 3.38. The fourth-order valence-corrected chi connectivity index (χ4v) is 2.49. The summed E-state index contributed by atoms with van der Waals surface area (Å²) in [5.74, 6) is -0.250. The van der Waals surface area contributed by atoms with Crippen molar-refractivity contribution in [3.63, 3.8) is 0 Å². The first-order valence-corrected chi connectivity index (χ1v) is 6.63. The summed E-state index contributed by atoms with van der Waals surface area (Å²) < 4.78 is 40.7. The predicted octanol–water partition coefficient (Wildman–Crippen LogP) is 2.96. The van der Waals surface area contributed by atoms with Gasteiger partial charge >= 0.3 is 6.36 Å². The molecule has 1 fully saturated rings. The van der Waals surface area contributed by atoms with E-state index in [1.54, 1.807) is 12.3 Å². The van der Waals surface area contributed by atoms with E-state index >= 15 is 0 Å². The number of ether oxygens (including phenoxy) is 1. The van der Waals surface area contributed by atoms with Gasteiger partial charge in [0.1, 0.15) is 5.75 Å². The van der Waals surface area contributed by atoms with Crippen molar-refractivity contribution in [2.75, 3.05) is 31.1 Å². The Bertz CT molecular complexity index is 645. The van der Waals surface area contributed by atoms with E-state index in [2.05, 4.69) is 19.9 Å². The van der Waals surface area contributed by atoms with Gasteiger partial charge in [0.25, 0.3) is 0 Å². The predicted molar refractivity (Wildman–Crippen MR) is 80.8 cm³/mol. The smallest absolute Gasteiger partial charge is 0.406 e. The maximum Gasteiger partial charge on any atom is 0.573 e. The minimum atomic E-state index is -4.69. The van der Waals surface area contributed by atoms with Crippen molar-refractivity contribution in [2.45, 2.75) is 6.36 Å². The summed E-state index contributed by atoms with van der Waals surface area (Å²) in [6.45, 7) is 3.50. The van der Waals surface area contributed by atoms with Crippen LogP contribution < -0.4 is 15.0 Å². The second kappa shape index (κ2) is 6.58. The van der Waals surface area contributed by atoms with E-state index in [4.69, 9.17) is 0 Å². The Labute approximate surface area is 131 Å². The second-order valence-corrected chi connectivity index (χ2v) is 4.79. The Morgan fingerprint density at radius 3 is 2.55 bits per heavy atom. The standard InChI is InChI=1S/C14H14F3N3O.ClH/c15-14(16,17)21-10-1-2-11-12(9-10)19-4-3-13(11)20-7-5-18-6-8-20;/h1-4,9,18H,5-8H2;1H. The number of hydrogen-bond donors (Lipinski definition) is 1. The quantitative estimate of drug-likeness (QED) is 0.917. The summed E-state index contributed by atoms with van der Waals surface area (Å²) in [4.78, 5) is 6.34. The molecule has 0 amide bonds. The van der Waals surface area contributed by atoms with E-state index in [1.165, 1.54) is 12.1 Å². The minimum absolute atomic E-state index is 0. The minimum Gasteiger partial charge on any atom is -0.406 e. The van der Waals surface area contributed by atoms with Gasteiger partial charge < -0.3 is 15.0 Å². The number of rotatable bonds is 2. The van der Waals surface area contributed by atoms with Crippen molar-refractivity contribution in [2.24, 2.45) is 0 Å². The number of benzene rings is 1. The van der Waals surface area contributed by atoms with Gasteiger partial charge in [-0.15, -0.1) is 25.6 Å². The summed E-state index contributed by atoms with van der Waals surface area (Å²) >= 11 is 0. The Balaban J connectivity index is 0.00000176. The molecule has 1 aromatic heterocycles. The molecule has 0 radical (unpaired) electrons. The van der Waals surface area contributed by atoms with Gasteiger partial charge in [0.05, 0.1) is 5.52 Å². The summed E-state index contributed by atoms with van der Waals surface area (Å²) in [7, 11) is 0. The van der Waals surface area contributed by atoms with Crippen LogP contribution in [0.1, 0.15) is 0 Å². The van der Waals surface area contributed by atoms with E-state index in [1.807, 2.05) is 6.07 Å². The number of piperazine rings is 1. The molecule has 0 bridgehead atoms. The maximum atomic E-state index is 12.3. The summed E-state index contributed by atoms with van der Waals surface area (Å²) in [5, 5.41) is 4.09. The van der Waals surface area contributed by atoms with Gasteiger partial charge in [-0.1, -0.05) is 0 Å². The third-order valence-corrected chi connectivity index (χ3v) is 3.38. The molecule has 0 spiro atoms. The van der Waals surface area contributed by atoms with Gasteiger partial charge in [0.15, 0.2) is 0 Å². The molecular weight excluding hydrogens is 319 g/mol. The average molecular weight is 334 g/mol. The van der Waals surface area contributed by atoms with Gasteiger partial charge in [-0.25, -0.2) is 0 Å². The highest BCUT2D eigenvalue weighted by atomic mass is 35.5. The largest absolute Gasteiger partial charge is 0.573 e. The molecule has 2 aromatic rings. The summed E-state index contributed by atoms with van der Waals surface area (Å²) in [6, 6.07) is 6.15. The van der Waals surface area contributed by atoms with Crippen molar-refractivity contribution in [1.29, 1.82) is 0 Å². The zero-order chi connectivity index (χ0) is 14.9. The molecular formula is C14H15ClF3N3O. The number of nitrogens with zero attached hydrogens (tertiary/aromatic N) is 2. The third kappa shape index (κ3) is 3.72. The van der Waals surface area contributed by atoms with E-state index < -0.39 is 6.36 Å². The summed E-state index contributed by atoms with van der Waals surface area (Å²) in [5.41, 5.74) is 1.48. The van der Waals surface area contributed by atoms with Crippen LogP contribution in [0, 0.1) is 0 Å². The van der Waals surface area contributed by atoms with Crippen LogP contribution in [0.15, 0.2) is 30.5 Å². The first-order chi connectivity index (χ1) is 10.0. The molecule has 1 aliphatic heterocycles. The van der Waals surface area contributed by atoms with Gasteiger partial charge in [0, 0.05) is 49.5 Å². The van der Waals surface area contributed by atoms with E-state index in [9.17, 15) is 13.2 Å². The molecule has 3 rings (SSSR count). The first-order valence-electron chi connectivity index (χ1n) is 6.63. The van der Waals surface area contributed by atoms with Gasteiger partial charge in [0.2, 0.25) is 0 Å². The molecule has 2 heterocycles. The van der Waals surface area contributed by atoms with Crippen LogP contribution in [0.25, 0.3) is 10.9 Å². The number of fused-ring (bicyclic) bond motifs is 1. The average Bonchev–Trinajstić information content (AvgIpc) is 2.45. The molecule has 120 valence electrons. The number of aromatic nitrogens is 1. The normalized spacial score (nSPS) is 15.5. The number of nitrogens with one attached hydrogen (secondary N) is 1. The highest BCUT2D eigenvalue weighted by molar-refractivity contribution is 5.92. The Morgan fingerprint density at radius 1 is 1.14 bits per heavy atom. The zero-order valence-electron chi connectivity index (χ0n) is 11.6. The summed E-state index contributed by atoms with van der Waals surface area (Å²) in [6.07, 6.45) is -3.08. The lowest BCUT2D eigenvalue weighted by atomic mass is 10.1. The van der Waals surface area contributed by atoms with Crippen LogP contribution in [0.4, 0.5) is 18.9 Å². The molecule has 0 atom stereocenters. The van der Waals surface area contributed by atoms with E-state index in [0.29, 0.717) is 5.52 Å². The molecule has 1 N–H and O–H groups in total. The SMILES string of the molecule is Cl.FC(F)(F)Oc1ccc2c(N3CCNCC3)ccnc2c1. The number of anilines is 1. The first kappa shape index (κ1) is 16.6. The van der Waals surface area contributed by atoms with Crippen molar-refractivity contribution >= 4 is 29.0 Å². The Kier molecular flexibility index (Phi) is 4.97. The lowest BCUT2D eigenvalue weighted by Gasteiger charge is -2.30. The number of alkyl halides is 3. The van der Waals surface area contributed by atoms with Crippen molar-refractivity contribution in [1.82, 2.24) is 10.3 Å². The number of halogens is 4. The number of hydrogen-bond acceptors (Lipinski definition) is 4. The molecule has 0 aliphatic carbocycles. The zero-order valence-corrected chi connectivity index (χ0v) is 12.4. The Hall–Kier alpha value is -1.73. The monoisotopic (exact) mass is 333 g/mol. The van der Waals surface area contributed by atoms with Crippen molar-refractivity contribution < 1.29 is 17.9 Å². The maximum absolute atomic E-state index is 12.3. The van der Waals surface area contributed by atoms with Crippen LogP contribution >= 0.6 is 12.4 Å². The molecule has 4 nitrogen and oxygen atoms in total. The van der Waals surface area contributed by atoms with Crippen LogP contribution in [0.3, 0.4) is 0 Å². The van der Waals surface area contributed by atoms with Crippen LogP contribution in [0.5, 0.6) is 5.75 Å². The second-order valence-electron chi connectivity index (χ2n) is 4.79. The van der Waals surface area contributed by atoms with E-state index in [0.717, 1.165) is 37.3 Å². The molecule has 22 heavy (non-hydrogen) atoms. The lowest BCUT2D eigenvalue weighted by molar-refractivity contribution is -0.274. The Morgan fingerprint density at radius 2 is 1.86 bits per heavy atom. The van der Waals surface area contributed by atoms with Gasteiger partial charge in [-0.05, 0) is 18.2 Å². The number of pyridine rings is 1. The van der Waals surface area contributed by atoms with E-state index in [-0.39, 0.29) is 18.2 Å². The van der Waals surface area contributed by atoms with Crippen LogP contribution in [0.2, 0.25) is 0 Å².